The summed E-state index contributed by atoms with van der Waals surface area (Å²) in [5.41, 5.74) is 1.80. The smallest absolute Gasteiger partial charge is 0.163 e. The van der Waals surface area contributed by atoms with Gasteiger partial charge in [-0.25, -0.2) is 0 Å². The topological polar surface area (TPSA) is 17.1 Å². The Bertz CT molecular complexity index is 355. The second-order valence-corrected chi connectivity index (χ2v) is 8.34. The van der Waals surface area contributed by atoms with Gasteiger partial charge < -0.3 is 0 Å². The van der Waals surface area contributed by atoms with Gasteiger partial charge in [0.15, 0.2) is 5.78 Å². The minimum atomic E-state index is -0.174. The number of hydrogen-bond acceptors (Lipinski definition) is 3. The van der Waals surface area contributed by atoms with E-state index in [0.717, 1.165) is 17.9 Å². The first-order valence-corrected chi connectivity index (χ1v) is 8.15. The van der Waals surface area contributed by atoms with Crippen molar-refractivity contribution in [2.75, 3.05) is 11.5 Å². The number of rotatable bonds is 0. The highest BCUT2D eigenvalue weighted by Crippen LogP contribution is 2.56. The fraction of sp³-hybridized carbons (Fsp3) is 0.769. The molecule has 2 fully saturated rings. The molecule has 0 aromatic rings. The summed E-state index contributed by atoms with van der Waals surface area (Å²) in [6.45, 7) is 2.30. The molecule has 1 heterocycles. The Morgan fingerprint density at radius 2 is 2.00 bits per heavy atom. The largest absolute Gasteiger partial charge is 0.297 e. The van der Waals surface area contributed by atoms with E-state index in [1.807, 2.05) is 23.5 Å². The number of Topliss-reactive ketones (excluding diaryl/α,β-unsaturated/α-hetero) is 1. The molecule has 0 aromatic heterocycles. The lowest BCUT2D eigenvalue weighted by Crippen LogP contribution is -2.40. The zero-order valence-corrected chi connectivity index (χ0v) is 11.4. The maximum Gasteiger partial charge on any atom is 0.163 e. The Morgan fingerprint density at radius 3 is 2.75 bits per heavy atom. The quantitative estimate of drug-likeness (QED) is 0.614. The van der Waals surface area contributed by atoms with Gasteiger partial charge >= 0.3 is 0 Å². The molecule has 0 aromatic carbocycles. The van der Waals surface area contributed by atoms with Crippen molar-refractivity contribution in [3.8, 4) is 0 Å². The van der Waals surface area contributed by atoms with Gasteiger partial charge in [0.2, 0.25) is 0 Å². The van der Waals surface area contributed by atoms with Gasteiger partial charge in [-0.15, -0.1) is 23.5 Å². The molecule has 0 bridgehead atoms. The number of carbonyl (C=O) groups is 1. The van der Waals surface area contributed by atoms with Gasteiger partial charge in [-0.05, 0) is 24.7 Å². The number of carbonyl (C=O) groups excluding carboxylic acids is 1. The van der Waals surface area contributed by atoms with Gasteiger partial charge in [-0.3, -0.25) is 4.79 Å². The molecule has 0 N–H and O–H groups in total. The number of allylic oxidation sites excluding steroid dienone is 1. The fourth-order valence-electron chi connectivity index (χ4n) is 3.20. The highest BCUT2D eigenvalue weighted by molar-refractivity contribution is 8.22. The van der Waals surface area contributed by atoms with Crippen LogP contribution in [0.1, 0.15) is 39.0 Å². The van der Waals surface area contributed by atoms with E-state index in [-0.39, 0.29) is 9.49 Å². The molecule has 3 heteroatoms. The maximum absolute atomic E-state index is 12.4. The van der Waals surface area contributed by atoms with Gasteiger partial charge in [-0.1, -0.05) is 25.0 Å². The lowest BCUT2D eigenvalue weighted by molar-refractivity contribution is -0.121. The van der Waals surface area contributed by atoms with Crippen molar-refractivity contribution in [2.45, 2.75) is 43.1 Å². The van der Waals surface area contributed by atoms with Gasteiger partial charge in [0.25, 0.3) is 0 Å². The van der Waals surface area contributed by atoms with E-state index in [2.05, 4.69) is 13.0 Å². The van der Waals surface area contributed by atoms with Gasteiger partial charge in [0, 0.05) is 17.9 Å². The lowest BCUT2D eigenvalue weighted by atomic mass is 9.66. The van der Waals surface area contributed by atoms with Crippen LogP contribution in [0.3, 0.4) is 0 Å². The molecule has 1 aliphatic heterocycles. The Kier molecular flexibility index (Phi) is 2.67. The summed E-state index contributed by atoms with van der Waals surface area (Å²) in [7, 11) is 0. The molecule has 16 heavy (non-hydrogen) atoms. The van der Waals surface area contributed by atoms with E-state index >= 15 is 0 Å². The first-order valence-electron chi connectivity index (χ1n) is 6.18. The monoisotopic (exact) mass is 254 g/mol. The van der Waals surface area contributed by atoms with Crippen LogP contribution in [-0.2, 0) is 4.79 Å². The molecule has 3 aliphatic rings. The van der Waals surface area contributed by atoms with Crippen LogP contribution in [0.25, 0.3) is 0 Å². The van der Waals surface area contributed by atoms with Crippen LogP contribution in [0.5, 0.6) is 0 Å². The van der Waals surface area contributed by atoms with Crippen molar-refractivity contribution in [3.63, 3.8) is 0 Å². The first kappa shape index (κ1) is 11.2. The summed E-state index contributed by atoms with van der Waals surface area (Å²) in [5.74, 6) is 2.75. The summed E-state index contributed by atoms with van der Waals surface area (Å²) in [6.07, 6.45) is 8.21. The number of thioether (sulfide) groups is 2. The predicted octanol–water partition coefficient (Wildman–Crippen LogP) is 3.64. The van der Waals surface area contributed by atoms with Crippen molar-refractivity contribution in [1.82, 2.24) is 0 Å². The molecule has 3 rings (SSSR count). The molecular formula is C13H18OS2. The SMILES string of the molecule is CC12CCCCC1=CC1(SCCS1)C(=O)C2. The van der Waals surface area contributed by atoms with E-state index in [1.165, 1.54) is 25.7 Å². The molecule has 1 saturated carbocycles. The van der Waals surface area contributed by atoms with Crippen molar-refractivity contribution in [3.05, 3.63) is 11.6 Å². The van der Waals surface area contributed by atoms with Crippen LogP contribution < -0.4 is 0 Å². The van der Waals surface area contributed by atoms with Crippen LogP contribution in [0.15, 0.2) is 11.6 Å². The van der Waals surface area contributed by atoms with Gasteiger partial charge in [0.05, 0.1) is 0 Å². The van der Waals surface area contributed by atoms with Crippen LogP contribution in [0, 0.1) is 5.41 Å². The molecule has 1 atom stereocenters. The van der Waals surface area contributed by atoms with Crippen LogP contribution in [0.2, 0.25) is 0 Å². The van der Waals surface area contributed by atoms with Crippen molar-refractivity contribution < 1.29 is 4.79 Å². The van der Waals surface area contributed by atoms with Crippen LogP contribution in [-0.4, -0.2) is 21.4 Å². The highest BCUT2D eigenvalue weighted by Gasteiger charge is 2.49. The Hall–Kier alpha value is 0.110. The average molecular weight is 254 g/mol. The highest BCUT2D eigenvalue weighted by atomic mass is 32.2. The molecule has 88 valence electrons. The van der Waals surface area contributed by atoms with Crippen molar-refractivity contribution in [2.24, 2.45) is 5.41 Å². The minimum absolute atomic E-state index is 0.174. The zero-order valence-electron chi connectivity index (χ0n) is 9.75. The number of ketones is 1. The van der Waals surface area contributed by atoms with Crippen molar-refractivity contribution in [1.29, 1.82) is 0 Å². The number of fused-ring (bicyclic) bond motifs is 1. The van der Waals surface area contributed by atoms with Crippen LogP contribution in [0.4, 0.5) is 0 Å². The normalized spacial score (nSPS) is 37.3. The van der Waals surface area contributed by atoms with Crippen LogP contribution >= 0.6 is 23.5 Å². The molecule has 1 saturated heterocycles. The fourth-order valence-corrected chi connectivity index (χ4v) is 6.23. The molecular weight excluding hydrogens is 236 g/mol. The Morgan fingerprint density at radius 1 is 1.25 bits per heavy atom. The van der Waals surface area contributed by atoms with Gasteiger partial charge in [-0.2, -0.15) is 0 Å². The molecule has 0 radical (unpaired) electrons. The third-order valence-electron chi connectivity index (χ3n) is 4.22. The molecule has 1 nitrogen and oxygen atoms in total. The molecule has 1 spiro atoms. The lowest BCUT2D eigenvalue weighted by Gasteiger charge is -2.43. The van der Waals surface area contributed by atoms with E-state index in [0.29, 0.717) is 5.78 Å². The summed E-state index contributed by atoms with van der Waals surface area (Å²) in [4.78, 5) is 12.4. The third kappa shape index (κ3) is 1.59. The second kappa shape index (κ2) is 3.81. The Balaban J connectivity index is 2.00. The molecule has 0 amide bonds. The predicted molar refractivity (Wildman–Crippen MR) is 71.9 cm³/mol. The Labute approximate surface area is 106 Å². The minimum Gasteiger partial charge on any atom is -0.297 e. The molecule has 2 aliphatic carbocycles. The molecule has 1 unspecified atom stereocenters. The maximum atomic E-state index is 12.4. The van der Waals surface area contributed by atoms with E-state index in [9.17, 15) is 4.79 Å². The first-order chi connectivity index (χ1) is 7.65. The summed E-state index contributed by atoms with van der Waals surface area (Å²) >= 11 is 3.73. The van der Waals surface area contributed by atoms with E-state index < -0.39 is 0 Å². The van der Waals surface area contributed by atoms with E-state index in [4.69, 9.17) is 0 Å². The zero-order chi connectivity index (χ0) is 11.2. The van der Waals surface area contributed by atoms with Gasteiger partial charge in [0.1, 0.15) is 4.08 Å². The van der Waals surface area contributed by atoms with E-state index in [1.54, 1.807) is 5.57 Å². The second-order valence-electron chi connectivity index (χ2n) is 5.40. The third-order valence-corrected chi connectivity index (χ3v) is 7.55. The summed E-state index contributed by atoms with van der Waals surface area (Å²) in [5, 5.41) is 0. The standard InChI is InChI=1S/C13H18OS2/c1-12-5-3-2-4-10(12)8-13(11(14)9-12)15-6-7-16-13/h8H,2-7,9H2,1H3. The average Bonchev–Trinajstić information content (AvgIpc) is 2.70. The summed E-state index contributed by atoms with van der Waals surface area (Å²) in [6, 6.07) is 0. The summed E-state index contributed by atoms with van der Waals surface area (Å²) < 4.78 is -0.174. The number of hydrogen-bond donors (Lipinski definition) is 0. The van der Waals surface area contributed by atoms with Crippen molar-refractivity contribution >= 4 is 29.3 Å².